The van der Waals surface area contributed by atoms with Gasteiger partial charge < -0.3 is 15.4 Å². The molecule has 98 valence electrons. The zero-order chi connectivity index (χ0) is 12.5. The highest BCUT2D eigenvalue weighted by molar-refractivity contribution is 6.35. The minimum absolute atomic E-state index is 0.298. The number of amides is 2. The van der Waals surface area contributed by atoms with Gasteiger partial charge in [-0.15, -0.1) is 11.6 Å². The number of carbonyl (C=O) groups excluding carboxylic acids is 2. The molecule has 0 spiro atoms. The van der Waals surface area contributed by atoms with E-state index in [9.17, 15) is 9.59 Å². The van der Waals surface area contributed by atoms with E-state index in [0.717, 1.165) is 32.8 Å². The van der Waals surface area contributed by atoms with E-state index < -0.39 is 11.8 Å². The third-order valence-electron chi connectivity index (χ3n) is 2.40. The molecule has 1 heterocycles. The summed E-state index contributed by atoms with van der Waals surface area (Å²) in [6, 6.07) is 0. The van der Waals surface area contributed by atoms with Gasteiger partial charge >= 0.3 is 11.8 Å². The van der Waals surface area contributed by atoms with Crippen molar-refractivity contribution >= 4 is 23.4 Å². The minimum atomic E-state index is -0.632. The summed E-state index contributed by atoms with van der Waals surface area (Å²) in [6.07, 6.45) is 0. The van der Waals surface area contributed by atoms with Gasteiger partial charge in [-0.1, -0.05) is 0 Å². The summed E-state index contributed by atoms with van der Waals surface area (Å²) in [4.78, 5) is 24.6. The minimum Gasteiger partial charge on any atom is -0.379 e. The summed E-state index contributed by atoms with van der Waals surface area (Å²) in [6.45, 7) is 4.69. The fraction of sp³-hybridized carbons (Fsp3) is 0.800. The maximum atomic E-state index is 11.3. The SMILES string of the molecule is O=C(NCCCl)C(=O)NCCN1CCOCC1. The highest BCUT2D eigenvalue weighted by Crippen LogP contribution is 1.94. The van der Waals surface area contributed by atoms with Crippen LogP contribution in [0, 0.1) is 0 Å². The van der Waals surface area contributed by atoms with Gasteiger partial charge in [-0.2, -0.15) is 0 Å². The lowest BCUT2D eigenvalue weighted by molar-refractivity contribution is -0.139. The lowest BCUT2D eigenvalue weighted by atomic mass is 10.4. The molecule has 2 amide bonds. The normalized spacial score (nSPS) is 16.5. The number of hydrogen-bond donors (Lipinski definition) is 2. The van der Waals surface area contributed by atoms with Crippen molar-refractivity contribution in [2.45, 2.75) is 0 Å². The Morgan fingerprint density at radius 3 is 2.29 bits per heavy atom. The molecule has 0 saturated carbocycles. The number of halogens is 1. The van der Waals surface area contributed by atoms with Crippen LogP contribution in [-0.4, -0.2) is 68.5 Å². The molecule has 0 radical (unpaired) electrons. The van der Waals surface area contributed by atoms with Crippen molar-refractivity contribution in [2.75, 3.05) is 51.8 Å². The summed E-state index contributed by atoms with van der Waals surface area (Å²) in [7, 11) is 0. The number of hydrogen-bond acceptors (Lipinski definition) is 4. The second-order valence-electron chi connectivity index (χ2n) is 3.65. The van der Waals surface area contributed by atoms with Gasteiger partial charge in [0.25, 0.3) is 0 Å². The van der Waals surface area contributed by atoms with Gasteiger partial charge in [-0.05, 0) is 0 Å². The Labute approximate surface area is 106 Å². The first-order valence-electron chi connectivity index (χ1n) is 5.66. The molecule has 1 aliphatic rings. The molecule has 0 unspecified atom stereocenters. The van der Waals surface area contributed by atoms with Gasteiger partial charge in [0, 0.05) is 38.6 Å². The van der Waals surface area contributed by atoms with Gasteiger partial charge in [0.15, 0.2) is 0 Å². The van der Waals surface area contributed by atoms with Crippen LogP contribution in [0.15, 0.2) is 0 Å². The van der Waals surface area contributed by atoms with Crippen molar-refractivity contribution in [2.24, 2.45) is 0 Å². The number of nitrogens with one attached hydrogen (secondary N) is 2. The molecular weight excluding hydrogens is 246 g/mol. The van der Waals surface area contributed by atoms with Gasteiger partial charge in [0.2, 0.25) is 0 Å². The largest absolute Gasteiger partial charge is 0.379 e. The Morgan fingerprint density at radius 2 is 1.71 bits per heavy atom. The highest BCUT2D eigenvalue weighted by Gasteiger charge is 2.13. The van der Waals surface area contributed by atoms with Crippen LogP contribution in [0.1, 0.15) is 0 Å². The topological polar surface area (TPSA) is 70.7 Å². The molecule has 2 N–H and O–H groups in total. The Morgan fingerprint density at radius 1 is 1.12 bits per heavy atom. The predicted octanol–water partition coefficient (Wildman–Crippen LogP) is -1.21. The number of nitrogens with zero attached hydrogens (tertiary/aromatic N) is 1. The molecule has 0 aliphatic carbocycles. The van der Waals surface area contributed by atoms with Crippen molar-refractivity contribution < 1.29 is 14.3 Å². The van der Waals surface area contributed by atoms with E-state index in [2.05, 4.69) is 15.5 Å². The van der Waals surface area contributed by atoms with Crippen molar-refractivity contribution in [1.29, 1.82) is 0 Å². The smallest absolute Gasteiger partial charge is 0.309 e. The number of alkyl halides is 1. The number of carbonyl (C=O) groups is 2. The molecule has 0 bridgehead atoms. The predicted molar refractivity (Wildman–Crippen MR) is 64.0 cm³/mol. The summed E-state index contributed by atoms with van der Waals surface area (Å²) in [5.41, 5.74) is 0. The summed E-state index contributed by atoms with van der Waals surface area (Å²) in [5.74, 6) is -0.941. The van der Waals surface area contributed by atoms with E-state index in [1.807, 2.05) is 0 Å². The van der Waals surface area contributed by atoms with Crippen molar-refractivity contribution in [3.05, 3.63) is 0 Å². The Kier molecular flexibility index (Phi) is 6.91. The van der Waals surface area contributed by atoms with Crippen LogP contribution in [0.4, 0.5) is 0 Å². The van der Waals surface area contributed by atoms with Gasteiger partial charge in [-0.25, -0.2) is 0 Å². The summed E-state index contributed by atoms with van der Waals surface area (Å²) in [5, 5.41) is 4.97. The first kappa shape index (κ1) is 14.2. The molecule has 1 fully saturated rings. The molecular formula is C10H18ClN3O3. The second kappa shape index (κ2) is 8.27. The van der Waals surface area contributed by atoms with Gasteiger partial charge in [0.1, 0.15) is 0 Å². The summed E-state index contributed by atoms with van der Waals surface area (Å²) < 4.78 is 5.20. The summed E-state index contributed by atoms with van der Waals surface area (Å²) >= 11 is 5.39. The Balaban J connectivity index is 2.08. The van der Waals surface area contributed by atoms with E-state index in [1.54, 1.807) is 0 Å². The Hall–Kier alpha value is -0.850. The van der Waals surface area contributed by atoms with Crippen LogP contribution in [0.25, 0.3) is 0 Å². The fourth-order valence-electron chi connectivity index (χ4n) is 1.47. The van der Waals surface area contributed by atoms with Crippen molar-refractivity contribution in [3.63, 3.8) is 0 Å². The van der Waals surface area contributed by atoms with Gasteiger partial charge in [0.05, 0.1) is 13.2 Å². The average Bonchev–Trinajstić information content (AvgIpc) is 2.37. The zero-order valence-corrected chi connectivity index (χ0v) is 10.5. The first-order chi connectivity index (χ1) is 8.24. The third kappa shape index (κ3) is 5.86. The van der Waals surface area contributed by atoms with E-state index >= 15 is 0 Å². The van der Waals surface area contributed by atoms with Crippen LogP contribution in [0.3, 0.4) is 0 Å². The molecule has 0 aromatic rings. The van der Waals surface area contributed by atoms with Crippen LogP contribution in [0.2, 0.25) is 0 Å². The highest BCUT2D eigenvalue weighted by atomic mass is 35.5. The monoisotopic (exact) mass is 263 g/mol. The van der Waals surface area contributed by atoms with E-state index in [0.29, 0.717) is 19.0 Å². The van der Waals surface area contributed by atoms with Crippen LogP contribution in [-0.2, 0) is 14.3 Å². The van der Waals surface area contributed by atoms with E-state index in [4.69, 9.17) is 16.3 Å². The molecule has 7 heteroatoms. The zero-order valence-electron chi connectivity index (χ0n) is 9.71. The van der Waals surface area contributed by atoms with Gasteiger partial charge in [-0.3, -0.25) is 14.5 Å². The number of ether oxygens (including phenoxy) is 1. The van der Waals surface area contributed by atoms with Crippen LogP contribution in [0.5, 0.6) is 0 Å². The first-order valence-corrected chi connectivity index (χ1v) is 6.19. The van der Waals surface area contributed by atoms with Crippen LogP contribution >= 0.6 is 11.6 Å². The number of rotatable bonds is 5. The van der Waals surface area contributed by atoms with E-state index in [-0.39, 0.29) is 0 Å². The lowest BCUT2D eigenvalue weighted by Gasteiger charge is -2.26. The molecule has 17 heavy (non-hydrogen) atoms. The quantitative estimate of drug-likeness (QED) is 0.482. The maximum absolute atomic E-state index is 11.3. The molecule has 0 atom stereocenters. The van der Waals surface area contributed by atoms with Crippen LogP contribution < -0.4 is 10.6 Å². The van der Waals surface area contributed by atoms with Crippen molar-refractivity contribution in [1.82, 2.24) is 15.5 Å². The Bertz CT molecular complexity index is 257. The van der Waals surface area contributed by atoms with Crippen molar-refractivity contribution in [3.8, 4) is 0 Å². The molecule has 1 saturated heterocycles. The molecule has 0 aromatic carbocycles. The molecule has 0 aromatic heterocycles. The standard InChI is InChI=1S/C10H18ClN3O3/c11-1-2-12-9(15)10(16)13-3-4-14-5-7-17-8-6-14/h1-8H2,(H,12,15)(H,13,16). The third-order valence-corrected chi connectivity index (χ3v) is 2.59. The lowest BCUT2D eigenvalue weighted by Crippen LogP contribution is -2.45. The maximum Gasteiger partial charge on any atom is 0.309 e. The molecule has 1 aliphatic heterocycles. The molecule has 1 rings (SSSR count). The number of morpholine rings is 1. The fourth-order valence-corrected chi connectivity index (χ4v) is 1.57. The average molecular weight is 264 g/mol. The second-order valence-corrected chi connectivity index (χ2v) is 4.03. The molecule has 6 nitrogen and oxygen atoms in total. The van der Waals surface area contributed by atoms with E-state index in [1.165, 1.54) is 0 Å².